The van der Waals surface area contributed by atoms with Crippen LogP contribution < -0.4 is 27.4 Å². The molecular formula is C30H35N7O7. The molecule has 4 aromatic rings. The number of H-pyrrole nitrogens is 2. The van der Waals surface area contributed by atoms with Crippen molar-refractivity contribution in [2.24, 2.45) is 11.5 Å². The zero-order chi connectivity index (χ0) is 32.0. The van der Waals surface area contributed by atoms with Crippen LogP contribution in [0.2, 0.25) is 0 Å². The normalized spacial score (nSPS) is 14.7. The van der Waals surface area contributed by atoms with Crippen molar-refractivity contribution < 1.29 is 34.2 Å². The second kappa shape index (κ2) is 13.8. The Morgan fingerprint density at radius 3 is 1.77 bits per heavy atom. The van der Waals surface area contributed by atoms with Gasteiger partial charge in [0.1, 0.15) is 18.1 Å². The maximum Gasteiger partial charge on any atom is 0.326 e. The average molecular weight is 606 g/mol. The summed E-state index contributed by atoms with van der Waals surface area (Å²) < 4.78 is 0. The Morgan fingerprint density at radius 2 is 1.27 bits per heavy atom. The first kappa shape index (κ1) is 31.7. The fraction of sp³-hybridized carbons (Fsp3) is 0.300. The van der Waals surface area contributed by atoms with Crippen LogP contribution in [0, 0.1) is 0 Å². The van der Waals surface area contributed by atoms with Gasteiger partial charge in [-0.25, -0.2) is 4.79 Å². The number of aromatic amines is 2. The fourth-order valence-electron chi connectivity index (χ4n) is 4.96. The number of carbonyl (C=O) groups excluding carboxylic acids is 4. The van der Waals surface area contributed by atoms with E-state index in [4.69, 9.17) is 11.5 Å². The highest BCUT2D eigenvalue weighted by molar-refractivity contribution is 5.96. The van der Waals surface area contributed by atoms with Crippen molar-refractivity contribution in [1.82, 2.24) is 25.9 Å². The lowest BCUT2D eigenvalue weighted by atomic mass is 10.0. The number of aliphatic hydroxyl groups excluding tert-OH is 1. The number of nitrogens with one attached hydrogen (secondary N) is 5. The standard InChI is InChI=1S/C30H35N7O7/c1-15(38)26(29(42)36-24(30(43)44)11-17-14-34-22-9-5-3-7-19(17)22)37-28(41)23(35-27(40)20(31)12-25(32)39)10-16-13-33-21-8-4-2-6-18(16)21/h2-9,13-15,20,23-24,26,33-34,38H,10-12,31H2,1H3,(H2,32,39)(H,35,40)(H,36,42)(H,37,41)(H,43,44). The Kier molecular flexibility index (Phi) is 9.98. The van der Waals surface area contributed by atoms with E-state index in [-0.39, 0.29) is 12.8 Å². The van der Waals surface area contributed by atoms with Crippen molar-refractivity contribution >= 4 is 51.4 Å². The van der Waals surface area contributed by atoms with E-state index < -0.39 is 66.3 Å². The average Bonchev–Trinajstić information content (AvgIpc) is 3.58. The highest BCUT2D eigenvalue weighted by Crippen LogP contribution is 2.20. The van der Waals surface area contributed by atoms with E-state index in [1.54, 1.807) is 24.5 Å². The van der Waals surface area contributed by atoms with Crippen LogP contribution in [0.3, 0.4) is 0 Å². The number of aliphatic carboxylic acids is 1. The third-order valence-electron chi connectivity index (χ3n) is 7.27. The Balaban J connectivity index is 1.53. The van der Waals surface area contributed by atoms with Gasteiger partial charge in [0.15, 0.2) is 0 Å². The summed E-state index contributed by atoms with van der Waals surface area (Å²) in [7, 11) is 0. The molecule has 5 unspecified atom stereocenters. The first-order chi connectivity index (χ1) is 20.9. The fourth-order valence-corrected chi connectivity index (χ4v) is 4.96. The van der Waals surface area contributed by atoms with E-state index >= 15 is 0 Å². The second-order valence-electron chi connectivity index (χ2n) is 10.6. The molecule has 0 aliphatic rings. The number of rotatable bonds is 14. The zero-order valence-electron chi connectivity index (χ0n) is 23.9. The maximum absolute atomic E-state index is 13.5. The Labute approximate surface area is 251 Å². The van der Waals surface area contributed by atoms with Crippen molar-refractivity contribution in [2.75, 3.05) is 0 Å². The number of aliphatic hydroxyl groups is 1. The van der Waals surface area contributed by atoms with Crippen LogP contribution in [-0.4, -0.2) is 80.1 Å². The summed E-state index contributed by atoms with van der Waals surface area (Å²) in [5.41, 5.74) is 13.8. The van der Waals surface area contributed by atoms with Crippen LogP contribution >= 0.6 is 0 Å². The Morgan fingerprint density at radius 1 is 0.773 bits per heavy atom. The molecule has 11 N–H and O–H groups in total. The number of nitrogens with two attached hydrogens (primary N) is 2. The molecule has 0 bridgehead atoms. The number of carboxylic acid groups (broad SMARTS) is 1. The van der Waals surface area contributed by atoms with E-state index in [1.165, 1.54) is 6.92 Å². The van der Waals surface area contributed by atoms with E-state index in [2.05, 4.69) is 25.9 Å². The van der Waals surface area contributed by atoms with Crippen LogP contribution in [0.1, 0.15) is 24.5 Å². The molecule has 0 spiro atoms. The Hall–Kier alpha value is -5.21. The first-order valence-corrected chi connectivity index (χ1v) is 13.9. The highest BCUT2D eigenvalue weighted by atomic mass is 16.4. The van der Waals surface area contributed by atoms with Crippen molar-refractivity contribution in [3.63, 3.8) is 0 Å². The summed E-state index contributed by atoms with van der Waals surface area (Å²) in [4.78, 5) is 69.1. The summed E-state index contributed by atoms with van der Waals surface area (Å²) in [6, 6.07) is 8.98. The minimum Gasteiger partial charge on any atom is -0.480 e. The number of carboxylic acids is 1. The zero-order valence-corrected chi connectivity index (χ0v) is 23.9. The largest absolute Gasteiger partial charge is 0.480 e. The van der Waals surface area contributed by atoms with E-state index in [9.17, 15) is 34.2 Å². The van der Waals surface area contributed by atoms with Gasteiger partial charge >= 0.3 is 5.97 Å². The molecule has 5 atom stereocenters. The molecule has 232 valence electrons. The lowest BCUT2D eigenvalue weighted by Gasteiger charge is -2.26. The van der Waals surface area contributed by atoms with Gasteiger partial charge in [-0.1, -0.05) is 36.4 Å². The highest BCUT2D eigenvalue weighted by Gasteiger charge is 2.33. The number of hydrogen-bond donors (Lipinski definition) is 9. The van der Waals surface area contributed by atoms with Gasteiger partial charge in [0, 0.05) is 47.0 Å². The number of primary amides is 1. The monoisotopic (exact) mass is 605 g/mol. The van der Waals surface area contributed by atoms with Crippen molar-refractivity contribution in [1.29, 1.82) is 0 Å². The molecule has 2 aromatic heterocycles. The van der Waals surface area contributed by atoms with E-state index in [0.717, 1.165) is 21.8 Å². The van der Waals surface area contributed by atoms with E-state index in [0.29, 0.717) is 11.1 Å². The number of benzene rings is 2. The van der Waals surface area contributed by atoms with Crippen LogP contribution in [0.5, 0.6) is 0 Å². The van der Waals surface area contributed by atoms with Crippen molar-refractivity contribution in [2.45, 2.75) is 56.5 Å². The molecule has 0 radical (unpaired) electrons. The summed E-state index contributed by atoms with van der Waals surface area (Å²) in [6.45, 7) is 1.26. The lowest BCUT2D eigenvalue weighted by Crippen LogP contribution is -2.60. The van der Waals surface area contributed by atoms with Crippen LogP contribution in [-0.2, 0) is 36.8 Å². The summed E-state index contributed by atoms with van der Waals surface area (Å²) >= 11 is 0. The molecule has 14 heteroatoms. The van der Waals surface area contributed by atoms with Gasteiger partial charge < -0.3 is 47.6 Å². The summed E-state index contributed by atoms with van der Waals surface area (Å²) in [5, 5.41) is 29.2. The number of fused-ring (bicyclic) bond motifs is 2. The lowest BCUT2D eigenvalue weighted by molar-refractivity contribution is -0.143. The van der Waals surface area contributed by atoms with Crippen molar-refractivity contribution in [3.05, 3.63) is 72.1 Å². The van der Waals surface area contributed by atoms with Gasteiger partial charge in [-0.15, -0.1) is 0 Å². The molecule has 0 saturated heterocycles. The van der Waals surface area contributed by atoms with E-state index in [1.807, 2.05) is 36.4 Å². The van der Waals surface area contributed by atoms with Gasteiger partial charge in [0.05, 0.1) is 18.6 Å². The minimum atomic E-state index is -1.58. The Bertz CT molecular complexity index is 1680. The van der Waals surface area contributed by atoms with Crippen LogP contribution in [0.4, 0.5) is 0 Å². The third-order valence-corrected chi connectivity index (χ3v) is 7.27. The number of carbonyl (C=O) groups is 5. The van der Waals surface area contributed by atoms with Gasteiger partial charge in [-0.2, -0.15) is 0 Å². The van der Waals surface area contributed by atoms with Gasteiger partial charge in [0.2, 0.25) is 23.6 Å². The predicted molar refractivity (Wildman–Crippen MR) is 161 cm³/mol. The van der Waals surface area contributed by atoms with Crippen LogP contribution in [0.25, 0.3) is 21.8 Å². The third kappa shape index (κ3) is 7.59. The molecule has 4 rings (SSSR count). The topological polar surface area (TPSA) is 246 Å². The molecule has 14 nitrogen and oxygen atoms in total. The smallest absolute Gasteiger partial charge is 0.326 e. The predicted octanol–water partition coefficient (Wildman–Crippen LogP) is -0.443. The summed E-state index contributed by atoms with van der Waals surface area (Å²) in [6.07, 6.45) is 1.31. The molecule has 0 saturated carbocycles. The van der Waals surface area contributed by atoms with Crippen LogP contribution in [0.15, 0.2) is 60.9 Å². The van der Waals surface area contributed by atoms with Gasteiger partial charge in [-0.05, 0) is 30.2 Å². The number of para-hydroxylation sites is 2. The second-order valence-corrected chi connectivity index (χ2v) is 10.6. The SMILES string of the molecule is CC(O)C(NC(=O)C(Cc1c[nH]c2ccccc12)NC(=O)C(N)CC(N)=O)C(=O)NC(Cc1c[nH]c2ccccc12)C(=O)O. The van der Waals surface area contributed by atoms with Gasteiger partial charge in [-0.3, -0.25) is 19.2 Å². The molecular weight excluding hydrogens is 570 g/mol. The maximum atomic E-state index is 13.5. The minimum absolute atomic E-state index is 0.0443. The molecule has 2 heterocycles. The van der Waals surface area contributed by atoms with Gasteiger partial charge in [0.25, 0.3) is 0 Å². The number of amides is 4. The van der Waals surface area contributed by atoms with Crippen molar-refractivity contribution in [3.8, 4) is 0 Å². The number of hydrogen-bond acceptors (Lipinski definition) is 7. The molecule has 0 fully saturated rings. The molecule has 4 amide bonds. The molecule has 0 aliphatic heterocycles. The molecule has 2 aromatic carbocycles. The quantitative estimate of drug-likeness (QED) is 0.0909. The molecule has 0 aliphatic carbocycles. The summed E-state index contributed by atoms with van der Waals surface area (Å²) in [5.74, 6) is -4.74. The number of aromatic nitrogens is 2. The first-order valence-electron chi connectivity index (χ1n) is 13.9. The molecule has 44 heavy (non-hydrogen) atoms.